The summed E-state index contributed by atoms with van der Waals surface area (Å²) in [5.41, 5.74) is 0.186. The summed E-state index contributed by atoms with van der Waals surface area (Å²) in [5.74, 6) is -0.290. The predicted molar refractivity (Wildman–Crippen MR) is 89.9 cm³/mol. The van der Waals surface area contributed by atoms with Gasteiger partial charge in [0.2, 0.25) is 5.91 Å². The highest BCUT2D eigenvalue weighted by atomic mass is 35.5. The Hall–Kier alpha value is -2.08. The van der Waals surface area contributed by atoms with Gasteiger partial charge in [-0.3, -0.25) is 9.59 Å². The van der Waals surface area contributed by atoms with Gasteiger partial charge in [-0.1, -0.05) is 23.7 Å². The summed E-state index contributed by atoms with van der Waals surface area (Å²) in [6.07, 6.45) is -0.374. The molecule has 1 heterocycles. The SMILES string of the molecule is CC(C)(C)OC(=O)N[C@H](Cc1ccc(Cl)cc1)C(=O)N1CC(=O)C1. The van der Waals surface area contributed by atoms with E-state index >= 15 is 0 Å². The van der Waals surface area contributed by atoms with E-state index in [-0.39, 0.29) is 24.8 Å². The van der Waals surface area contributed by atoms with Crippen molar-refractivity contribution >= 4 is 29.4 Å². The fourth-order valence-electron chi connectivity index (χ4n) is 2.26. The lowest BCUT2D eigenvalue weighted by molar-refractivity contribution is -0.146. The predicted octanol–water partition coefficient (Wildman–Crippen LogP) is 2.19. The smallest absolute Gasteiger partial charge is 0.408 e. The van der Waals surface area contributed by atoms with Gasteiger partial charge in [0.25, 0.3) is 0 Å². The van der Waals surface area contributed by atoms with E-state index in [0.717, 1.165) is 5.56 Å². The Morgan fingerprint density at radius 1 is 1.25 bits per heavy atom. The lowest BCUT2D eigenvalue weighted by Gasteiger charge is -2.33. The molecule has 0 spiro atoms. The van der Waals surface area contributed by atoms with Crippen LogP contribution in [0.15, 0.2) is 24.3 Å². The summed E-state index contributed by atoms with van der Waals surface area (Å²) in [4.78, 5) is 37.1. The van der Waals surface area contributed by atoms with Crippen molar-refractivity contribution < 1.29 is 19.1 Å². The molecule has 1 fully saturated rings. The number of nitrogens with one attached hydrogen (secondary N) is 1. The van der Waals surface area contributed by atoms with Crippen LogP contribution in [0.3, 0.4) is 0 Å². The molecule has 0 aliphatic carbocycles. The minimum Gasteiger partial charge on any atom is -0.444 e. The highest BCUT2D eigenvalue weighted by Crippen LogP contribution is 2.14. The van der Waals surface area contributed by atoms with Crippen LogP contribution in [0.4, 0.5) is 4.79 Å². The number of likely N-dealkylation sites (tertiary alicyclic amines) is 1. The number of carbonyl (C=O) groups excluding carboxylic acids is 3. The third-order valence-electron chi connectivity index (χ3n) is 3.39. The molecule has 2 rings (SSSR count). The average Bonchev–Trinajstić information content (AvgIpc) is 2.43. The van der Waals surface area contributed by atoms with Crippen molar-refractivity contribution in [1.29, 1.82) is 0 Å². The number of halogens is 1. The monoisotopic (exact) mass is 352 g/mol. The molecule has 2 amide bonds. The van der Waals surface area contributed by atoms with Gasteiger partial charge in [0, 0.05) is 11.4 Å². The lowest BCUT2D eigenvalue weighted by atomic mass is 10.0. The summed E-state index contributed by atoms with van der Waals surface area (Å²) in [6, 6.07) is 6.23. The van der Waals surface area contributed by atoms with Crippen LogP contribution in [-0.2, 0) is 20.7 Å². The van der Waals surface area contributed by atoms with E-state index in [1.807, 2.05) is 0 Å². The van der Waals surface area contributed by atoms with Gasteiger partial charge in [0.1, 0.15) is 11.6 Å². The molecule has 1 aliphatic rings. The maximum absolute atomic E-state index is 12.5. The summed E-state index contributed by atoms with van der Waals surface area (Å²) in [6.45, 7) is 5.42. The molecule has 0 saturated carbocycles. The molecule has 6 nitrogen and oxygen atoms in total. The Labute approximate surface area is 146 Å². The Bertz CT molecular complexity index is 629. The Morgan fingerprint density at radius 2 is 1.83 bits per heavy atom. The number of hydrogen-bond donors (Lipinski definition) is 1. The topological polar surface area (TPSA) is 75.7 Å². The van der Waals surface area contributed by atoms with Crippen LogP contribution in [0.25, 0.3) is 0 Å². The first-order valence-corrected chi connectivity index (χ1v) is 8.06. The number of hydrogen-bond acceptors (Lipinski definition) is 4. The molecular formula is C17H21ClN2O4. The molecule has 7 heteroatoms. The second-order valence-corrected chi connectivity index (χ2v) is 7.20. The average molecular weight is 353 g/mol. The van der Waals surface area contributed by atoms with Gasteiger partial charge < -0.3 is 15.0 Å². The zero-order valence-corrected chi connectivity index (χ0v) is 14.7. The summed E-state index contributed by atoms with van der Waals surface area (Å²) in [7, 11) is 0. The number of amides is 2. The van der Waals surface area contributed by atoms with Crippen LogP contribution in [0.1, 0.15) is 26.3 Å². The summed E-state index contributed by atoms with van der Waals surface area (Å²) >= 11 is 5.86. The number of benzene rings is 1. The first kappa shape index (κ1) is 18.3. The molecule has 1 aromatic rings. The van der Waals surface area contributed by atoms with Gasteiger partial charge in [-0.2, -0.15) is 0 Å². The number of carbonyl (C=O) groups is 3. The molecule has 1 saturated heterocycles. The largest absolute Gasteiger partial charge is 0.444 e. The van der Waals surface area contributed by atoms with Crippen molar-refractivity contribution in [2.45, 2.75) is 38.8 Å². The third kappa shape index (κ3) is 5.23. The molecule has 0 aromatic heterocycles. The molecular weight excluding hydrogens is 332 g/mol. The molecule has 24 heavy (non-hydrogen) atoms. The van der Waals surface area contributed by atoms with Gasteiger partial charge >= 0.3 is 6.09 Å². The lowest BCUT2D eigenvalue weighted by Crippen LogP contribution is -2.58. The van der Waals surface area contributed by atoms with Crippen LogP contribution in [0.2, 0.25) is 5.02 Å². The molecule has 1 aliphatic heterocycles. The molecule has 0 unspecified atom stereocenters. The van der Waals surface area contributed by atoms with E-state index in [1.54, 1.807) is 45.0 Å². The zero-order chi connectivity index (χ0) is 17.9. The van der Waals surface area contributed by atoms with Crippen LogP contribution < -0.4 is 5.32 Å². The maximum atomic E-state index is 12.5. The second kappa shape index (κ2) is 7.21. The van der Waals surface area contributed by atoms with Gasteiger partial charge in [-0.25, -0.2) is 4.79 Å². The summed E-state index contributed by atoms with van der Waals surface area (Å²) < 4.78 is 5.22. The summed E-state index contributed by atoms with van der Waals surface area (Å²) in [5, 5.41) is 3.20. The number of ketones is 1. The van der Waals surface area contributed by atoms with Crippen molar-refractivity contribution in [2.24, 2.45) is 0 Å². The minimum atomic E-state index is -0.797. The van der Waals surface area contributed by atoms with Crippen LogP contribution in [0, 0.1) is 0 Å². The first-order chi connectivity index (χ1) is 11.1. The molecule has 1 N–H and O–H groups in total. The molecule has 130 valence electrons. The van der Waals surface area contributed by atoms with E-state index in [9.17, 15) is 14.4 Å². The fraction of sp³-hybridized carbons (Fsp3) is 0.471. The minimum absolute atomic E-state index is 0.00543. The van der Waals surface area contributed by atoms with Gasteiger partial charge in [0.15, 0.2) is 5.78 Å². The maximum Gasteiger partial charge on any atom is 0.408 e. The highest BCUT2D eigenvalue weighted by Gasteiger charge is 2.34. The van der Waals surface area contributed by atoms with E-state index < -0.39 is 17.7 Å². The van der Waals surface area contributed by atoms with Crippen molar-refractivity contribution in [3.05, 3.63) is 34.9 Å². The third-order valence-corrected chi connectivity index (χ3v) is 3.64. The van der Waals surface area contributed by atoms with E-state index in [4.69, 9.17) is 16.3 Å². The van der Waals surface area contributed by atoms with Crippen LogP contribution >= 0.6 is 11.6 Å². The molecule has 1 atom stereocenters. The molecule has 0 radical (unpaired) electrons. The fourth-order valence-corrected chi connectivity index (χ4v) is 2.39. The van der Waals surface area contributed by atoms with E-state index in [2.05, 4.69) is 5.32 Å². The van der Waals surface area contributed by atoms with Crippen LogP contribution in [0.5, 0.6) is 0 Å². The number of rotatable bonds is 4. The first-order valence-electron chi connectivity index (χ1n) is 7.68. The second-order valence-electron chi connectivity index (χ2n) is 6.76. The molecule has 0 bridgehead atoms. The Kier molecular flexibility index (Phi) is 5.49. The normalized spacial score (nSPS) is 15.5. The van der Waals surface area contributed by atoms with Crippen molar-refractivity contribution in [3.8, 4) is 0 Å². The number of nitrogens with zero attached hydrogens (tertiary/aromatic N) is 1. The van der Waals surface area contributed by atoms with Gasteiger partial charge in [-0.05, 0) is 38.5 Å². The van der Waals surface area contributed by atoms with Crippen molar-refractivity contribution in [3.63, 3.8) is 0 Å². The van der Waals surface area contributed by atoms with Crippen LogP contribution in [-0.4, -0.2) is 47.4 Å². The Balaban J connectivity index is 2.08. The van der Waals surface area contributed by atoms with E-state index in [1.165, 1.54) is 4.90 Å². The number of alkyl carbamates (subject to hydrolysis) is 1. The van der Waals surface area contributed by atoms with Gasteiger partial charge in [-0.15, -0.1) is 0 Å². The highest BCUT2D eigenvalue weighted by molar-refractivity contribution is 6.30. The molecule has 1 aromatic carbocycles. The quantitative estimate of drug-likeness (QED) is 0.901. The Morgan fingerprint density at radius 3 is 2.33 bits per heavy atom. The standard InChI is InChI=1S/C17H21ClN2O4/c1-17(2,3)24-16(23)19-14(15(22)20-9-13(21)10-20)8-11-4-6-12(18)7-5-11/h4-7,14H,8-10H2,1-3H3,(H,19,23)/t14-/m1/s1. The zero-order valence-electron chi connectivity index (χ0n) is 14.0. The number of Topliss-reactive ketones (excluding diaryl/α,β-unsaturated/α-hetero) is 1. The van der Waals surface area contributed by atoms with Crippen molar-refractivity contribution in [1.82, 2.24) is 10.2 Å². The van der Waals surface area contributed by atoms with Gasteiger partial charge in [0.05, 0.1) is 13.1 Å². The van der Waals surface area contributed by atoms with Crippen molar-refractivity contribution in [2.75, 3.05) is 13.1 Å². The number of ether oxygens (including phenoxy) is 1. The van der Waals surface area contributed by atoms with E-state index in [0.29, 0.717) is 11.4 Å².